The zero-order chi connectivity index (χ0) is 18.9. The van der Waals surface area contributed by atoms with Gasteiger partial charge in [0.15, 0.2) is 5.65 Å². The zero-order valence-electron chi connectivity index (χ0n) is 15.0. The van der Waals surface area contributed by atoms with Crippen molar-refractivity contribution in [2.24, 2.45) is 0 Å². The average molecular weight is 374 g/mol. The van der Waals surface area contributed by atoms with E-state index in [1.54, 1.807) is 12.4 Å². The normalized spacial score (nSPS) is 16.5. The van der Waals surface area contributed by atoms with Crippen LogP contribution in [0.1, 0.15) is 16.9 Å². The van der Waals surface area contributed by atoms with Crippen LogP contribution >= 0.6 is 0 Å². The van der Waals surface area contributed by atoms with Crippen LogP contribution in [0.4, 0.5) is 11.5 Å². The Morgan fingerprint density at radius 2 is 2.11 bits per heavy atom. The first-order valence-corrected chi connectivity index (χ1v) is 9.11. The zero-order valence-corrected chi connectivity index (χ0v) is 15.0. The third-order valence-electron chi connectivity index (χ3n) is 4.84. The second kappa shape index (κ2) is 6.90. The predicted octanol–water partition coefficient (Wildman–Crippen LogP) is 2.77. The van der Waals surface area contributed by atoms with Crippen molar-refractivity contribution in [2.45, 2.75) is 12.5 Å². The number of aromatic nitrogens is 4. The fourth-order valence-electron chi connectivity index (χ4n) is 3.43. The van der Waals surface area contributed by atoms with Crippen LogP contribution in [0.25, 0.3) is 21.8 Å². The molecule has 0 radical (unpaired) electrons. The predicted molar refractivity (Wildman–Crippen MR) is 106 cm³/mol. The smallest absolute Gasteiger partial charge is 0.270 e. The van der Waals surface area contributed by atoms with Crippen molar-refractivity contribution in [1.29, 1.82) is 0 Å². The standard InChI is InChI=1S/C20H18N6O2/c27-20(24-14-6-9-28-11-14)17-15-4-3-13(10-12(15)5-8-21-17)23-19-16-2-1-7-22-18(16)25-26-19/h1-5,7-8,10,14H,6,9,11H2,(H,24,27)(H2,22,23,25,26). The lowest BCUT2D eigenvalue weighted by Gasteiger charge is -2.12. The average Bonchev–Trinajstić information content (AvgIpc) is 3.38. The number of H-pyrrole nitrogens is 1. The minimum Gasteiger partial charge on any atom is -0.379 e. The number of nitrogens with zero attached hydrogens (tertiary/aromatic N) is 3. The molecule has 8 heteroatoms. The van der Waals surface area contributed by atoms with E-state index in [1.807, 2.05) is 36.4 Å². The molecule has 3 aromatic heterocycles. The van der Waals surface area contributed by atoms with Crippen LogP contribution in [0.2, 0.25) is 0 Å². The van der Waals surface area contributed by atoms with Gasteiger partial charge < -0.3 is 15.4 Å². The third kappa shape index (κ3) is 3.03. The number of ether oxygens (including phenoxy) is 1. The number of benzene rings is 1. The van der Waals surface area contributed by atoms with Gasteiger partial charge in [-0.1, -0.05) is 0 Å². The number of anilines is 2. The van der Waals surface area contributed by atoms with E-state index < -0.39 is 0 Å². The number of hydrogen-bond acceptors (Lipinski definition) is 6. The minimum absolute atomic E-state index is 0.0489. The quantitative estimate of drug-likeness (QED) is 0.507. The number of pyridine rings is 2. The lowest BCUT2D eigenvalue weighted by Crippen LogP contribution is -2.35. The number of aromatic amines is 1. The van der Waals surface area contributed by atoms with Crippen molar-refractivity contribution in [2.75, 3.05) is 18.5 Å². The number of carbonyl (C=O) groups is 1. The van der Waals surface area contributed by atoms with Crippen LogP contribution in [0.3, 0.4) is 0 Å². The van der Waals surface area contributed by atoms with Gasteiger partial charge in [0.1, 0.15) is 11.5 Å². The molecule has 0 saturated carbocycles. The highest BCUT2D eigenvalue weighted by molar-refractivity contribution is 6.06. The molecule has 1 saturated heterocycles. The van der Waals surface area contributed by atoms with Crippen LogP contribution < -0.4 is 10.6 Å². The Kier molecular flexibility index (Phi) is 4.10. The summed E-state index contributed by atoms with van der Waals surface area (Å²) in [7, 11) is 0. The van der Waals surface area contributed by atoms with Crippen molar-refractivity contribution in [3.05, 3.63) is 54.5 Å². The maximum Gasteiger partial charge on any atom is 0.270 e. The van der Waals surface area contributed by atoms with E-state index in [4.69, 9.17) is 4.74 Å². The van der Waals surface area contributed by atoms with Crippen LogP contribution in [0.5, 0.6) is 0 Å². The maximum absolute atomic E-state index is 12.6. The summed E-state index contributed by atoms with van der Waals surface area (Å²) < 4.78 is 5.32. The molecule has 1 unspecified atom stereocenters. The third-order valence-corrected chi connectivity index (χ3v) is 4.84. The highest BCUT2D eigenvalue weighted by Crippen LogP contribution is 2.26. The van der Waals surface area contributed by atoms with E-state index in [0.29, 0.717) is 24.6 Å². The summed E-state index contributed by atoms with van der Waals surface area (Å²) in [5.41, 5.74) is 1.96. The van der Waals surface area contributed by atoms with Crippen molar-refractivity contribution < 1.29 is 9.53 Å². The number of hydrogen-bond donors (Lipinski definition) is 3. The number of amides is 1. The lowest BCUT2D eigenvalue weighted by atomic mass is 10.1. The molecular formula is C20H18N6O2. The van der Waals surface area contributed by atoms with Gasteiger partial charge in [-0.15, -0.1) is 0 Å². The first-order valence-electron chi connectivity index (χ1n) is 9.11. The Labute approximate surface area is 160 Å². The summed E-state index contributed by atoms with van der Waals surface area (Å²) in [5, 5.41) is 16.1. The Bertz CT molecular complexity index is 1170. The molecule has 1 fully saturated rings. The molecule has 3 N–H and O–H groups in total. The van der Waals surface area contributed by atoms with Crippen molar-refractivity contribution in [3.8, 4) is 0 Å². The number of fused-ring (bicyclic) bond motifs is 2. The molecule has 0 aliphatic carbocycles. The van der Waals surface area contributed by atoms with E-state index in [2.05, 4.69) is 30.8 Å². The molecule has 28 heavy (non-hydrogen) atoms. The topological polar surface area (TPSA) is 105 Å². The van der Waals surface area contributed by atoms with Crippen molar-refractivity contribution in [3.63, 3.8) is 0 Å². The molecule has 1 atom stereocenters. The van der Waals surface area contributed by atoms with Crippen LogP contribution in [0, 0.1) is 0 Å². The van der Waals surface area contributed by atoms with Gasteiger partial charge in [0, 0.05) is 30.1 Å². The molecule has 1 aromatic carbocycles. The Hall–Kier alpha value is -3.52. The first-order chi connectivity index (χ1) is 13.8. The van der Waals surface area contributed by atoms with Crippen molar-refractivity contribution in [1.82, 2.24) is 25.5 Å². The number of nitrogens with one attached hydrogen (secondary N) is 3. The van der Waals surface area contributed by atoms with Crippen LogP contribution in [0.15, 0.2) is 48.8 Å². The Morgan fingerprint density at radius 3 is 3.00 bits per heavy atom. The molecule has 5 rings (SSSR count). The van der Waals surface area contributed by atoms with E-state index >= 15 is 0 Å². The van der Waals surface area contributed by atoms with E-state index in [9.17, 15) is 4.79 Å². The molecule has 1 amide bonds. The molecule has 4 aromatic rings. The van der Waals surface area contributed by atoms with E-state index in [0.717, 1.165) is 34.1 Å². The van der Waals surface area contributed by atoms with E-state index in [1.165, 1.54) is 0 Å². The summed E-state index contributed by atoms with van der Waals surface area (Å²) in [4.78, 5) is 21.2. The van der Waals surface area contributed by atoms with Gasteiger partial charge in [-0.05, 0) is 48.2 Å². The van der Waals surface area contributed by atoms with Gasteiger partial charge in [-0.3, -0.25) is 14.9 Å². The highest BCUT2D eigenvalue weighted by Gasteiger charge is 2.20. The van der Waals surface area contributed by atoms with Crippen LogP contribution in [-0.2, 0) is 4.74 Å². The second-order valence-electron chi connectivity index (χ2n) is 6.73. The molecule has 1 aliphatic heterocycles. The number of rotatable bonds is 4. The van der Waals surface area contributed by atoms with Gasteiger partial charge in [0.05, 0.1) is 18.0 Å². The van der Waals surface area contributed by atoms with Gasteiger partial charge in [0.25, 0.3) is 5.91 Å². The monoisotopic (exact) mass is 374 g/mol. The molecule has 8 nitrogen and oxygen atoms in total. The first kappa shape index (κ1) is 16.6. The summed E-state index contributed by atoms with van der Waals surface area (Å²) in [6.07, 6.45) is 4.19. The largest absolute Gasteiger partial charge is 0.379 e. The van der Waals surface area contributed by atoms with Gasteiger partial charge in [0.2, 0.25) is 0 Å². The molecule has 0 spiro atoms. The van der Waals surface area contributed by atoms with Crippen molar-refractivity contribution >= 4 is 39.2 Å². The van der Waals surface area contributed by atoms with Gasteiger partial charge in [-0.2, -0.15) is 5.10 Å². The fourth-order valence-corrected chi connectivity index (χ4v) is 3.43. The SMILES string of the molecule is O=C(NC1CCOC1)c1nccc2cc(Nc3[nH]nc4ncccc34)ccc12. The van der Waals surface area contributed by atoms with E-state index in [-0.39, 0.29) is 11.9 Å². The number of carbonyl (C=O) groups excluding carboxylic acids is 1. The van der Waals surface area contributed by atoms with Crippen LogP contribution in [-0.4, -0.2) is 45.3 Å². The molecular weight excluding hydrogens is 356 g/mol. The summed E-state index contributed by atoms with van der Waals surface area (Å²) >= 11 is 0. The summed E-state index contributed by atoms with van der Waals surface area (Å²) in [5.74, 6) is 0.600. The molecule has 1 aliphatic rings. The fraction of sp³-hybridized carbons (Fsp3) is 0.200. The minimum atomic E-state index is -0.174. The maximum atomic E-state index is 12.6. The Morgan fingerprint density at radius 1 is 1.14 bits per heavy atom. The molecule has 140 valence electrons. The molecule has 0 bridgehead atoms. The highest BCUT2D eigenvalue weighted by atomic mass is 16.5. The lowest BCUT2D eigenvalue weighted by molar-refractivity contribution is 0.0927. The van der Waals surface area contributed by atoms with Gasteiger partial charge in [-0.25, -0.2) is 4.98 Å². The summed E-state index contributed by atoms with van der Waals surface area (Å²) in [6, 6.07) is 11.6. The second-order valence-corrected chi connectivity index (χ2v) is 6.73. The summed E-state index contributed by atoms with van der Waals surface area (Å²) in [6.45, 7) is 1.23. The Balaban J connectivity index is 1.44. The van der Waals surface area contributed by atoms with Gasteiger partial charge >= 0.3 is 0 Å². The molecule has 4 heterocycles.